The first kappa shape index (κ1) is 20.4. The first-order valence-corrected chi connectivity index (χ1v) is 10.6. The van der Waals surface area contributed by atoms with Crippen molar-refractivity contribution in [3.05, 3.63) is 53.2 Å². The minimum atomic E-state index is 0.0278. The highest BCUT2D eigenvalue weighted by atomic mass is 16.3. The van der Waals surface area contributed by atoms with Crippen LogP contribution in [0.15, 0.2) is 36.4 Å². The van der Waals surface area contributed by atoms with Crippen LogP contribution in [-0.2, 0) is 6.54 Å². The second-order valence-corrected chi connectivity index (χ2v) is 8.38. The van der Waals surface area contributed by atoms with Crippen LogP contribution >= 0.6 is 0 Å². The van der Waals surface area contributed by atoms with E-state index in [1.54, 1.807) is 0 Å². The molecule has 4 N–H and O–H groups in total. The van der Waals surface area contributed by atoms with Gasteiger partial charge in [-0.05, 0) is 35.6 Å². The molecule has 1 aromatic heterocycles. The fourth-order valence-electron chi connectivity index (χ4n) is 4.13. The fraction of sp³-hybridized carbons (Fsp3) is 0.375. The molecule has 0 amide bonds. The van der Waals surface area contributed by atoms with Crippen LogP contribution < -0.4 is 5.32 Å². The molecule has 0 atom stereocenters. The van der Waals surface area contributed by atoms with E-state index in [0.29, 0.717) is 11.3 Å². The number of hydrogen-bond donors (Lipinski definition) is 4. The van der Waals surface area contributed by atoms with Gasteiger partial charge in [-0.3, -0.25) is 10.00 Å². The monoisotopic (exact) mass is 406 g/mol. The number of aromatic nitrogens is 2. The molecule has 0 spiro atoms. The van der Waals surface area contributed by atoms with E-state index in [-0.39, 0.29) is 17.4 Å². The van der Waals surface area contributed by atoms with E-state index in [2.05, 4.69) is 44.7 Å². The van der Waals surface area contributed by atoms with Gasteiger partial charge in [0.1, 0.15) is 17.2 Å². The lowest BCUT2D eigenvalue weighted by Crippen LogP contribution is -2.42. The second-order valence-electron chi connectivity index (χ2n) is 8.38. The number of nitrogens with one attached hydrogen (secondary N) is 2. The third-order valence-electron chi connectivity index (χ3n) is 5.83. The van der Waals surface area contributed by atoms with Crippen LogP contribution in [0.1, 0.15) is 36.6 Å². The van der Waals surface area contributed by atoms with Gasteiger partial charge in [0.2, 0.25) is 0 Å². The zero-order valence-corrected chi connectivity index (χ0v) is 17.9. The van der Waals surface area contributed by atoms with Gasteiger partial charge in [-0.2, -0.15) is 5.10 Å². The van der Waals surface area contributed by atoms with Gasteiger partial charge in [0.15, 0.2) is 0 Å². The van der Waals surface area contributed by atoms with Crippen molar-refractivity contribution < 1.29 is 10.2 Å². The molecule has 1 aliphatic heterocycles. The largest absolute Gasteiger partial charge is 0.508 e. The normalized spacial score (nSPS) is 15.1. The molecule has 0 saturated carbocycles. The lowest BCUT2D eigenvalue weighted by Gasteiger charge is -2.27. The number of aromatic amines is 1. The zero-order valence-electron chi connectivity index (χ0n) is 17.9. The maximum absolute atomic E-state index is 10.5. The summed E-state index contributed by atoms with van der Waals surface area (Å²) in [4.78, 5) is 2.46. The standard InChI is InChI=1S/C24H30N4O2/c1-15(2)19-12-20(22(30)13-21(19)29)24-23(16(3)26-27-24)18-6-4-17(5-7-18)14-28-10-8-25-9-11-28/h4-7,12-13,15,25,29-30H,8-11,14H2,1-3H3,(H,26,27). The highest BCUT2D eigenvalue weighted by molar-refractivity contribution is 5.85. The molecule has 0 unspecified atom stereocenters. The van der Waals surface area contributed by atoms with Crippen molar-refractivity contribution in [1.29, 1.82) is 0 Å². The Morgan fingerprint density at radius 2 is 1.73 bits per heavy atom. The third-order valence-corrected chi connectivity index (χ3v) is 5.83. The van der Waals surface area contributed by atoms with Crippen molar-refractivity contribution >= 4 is 0 Å². The summed E-state index contributed by atoms with van der Waals surface area (Å²) >= 11 is 0. The summed E-state index contributed by atoms with van der Waals surface area (Å²) < 4.78 is 0. The molecule has 0 bridgehead atoms. The maximum Gasteiger partial charge on any atom is 0.128 e. The molecule has 2 aromatic carbocycles. The molecule has 0 aliphatic carbocycles. The smallest absolute Gasteiger partial charge is 0.128 e. The minimum absolute atomic E-state index is 0.0278. The van der Waals surface area contributed by atoms with Crippen LogP contribution in [0.25, 0.3) is 22.4 Å². The van der Waals surface area contributed by atoms with Crippen LogP contribution in [0.3, 0.4) is 0 Å². The van der Waals surface area contributed by atoms with Crippen molar-refractivity contribution in [3.63, 3.8) is 0 Å². The van der Waals surface area contributed by atoms with E-state index < -0.39 is 0 Å². The molecule has 4 rings (SSSR count). The SMILES string of the molecule is Cc1[nH]nc(-c2cc(C(C)C)c(O)cc2O)c1-c1ccc(CN2CCNCC2)cc1. The van der Waals surface area contributed by atoms with E-state index in [9.17, 15) is 10.2 Å². The van der Waals surface area contributed by atoms with Crippen LogP contribution in [-0.4, -0.2) is 51.5 Å². The Morgan fingerprint density at radius 1 is 1.03 bits per heavy atom. The summed E-state index contributed by atoms with van der Waals surface area (Å²) in [6, 6.07) is 11.8. The molecular weight excluding hydrogens is 376 g/mol. The lowest BCUT2D eigenvalue weighted by molar-refractivity contribution is 0.233. The molecule has 158 valence electrons. The van der Waals surface area contributed by atoms with Gasteiger partial charge in [0.25, 0.3) is 0 Å². The number of hydrogen-bond acceptors (Lipinski definition) is 5. The Hall–Kier alpha value is -2.83. The van der Waals surface area contributed by atoms with E-state index in [4.69, 9.17) is 0 Å². The summed E-state index contributed by atoms with van der Waals surface area (Å²) in [6.45, 7) is 11.2. The van der Waals surface area contributed by atoms with Crippen molar-refractivity contribution in [3.8, 4) is 33.9 Å². The van der Waals surface area contributed by atoms with Crippen molar-refractivity contribution in [1.82, 2.24) is 20.4 Å². The summed E-state index contributed by atoms with van der Waals surface area (Å²) in [7, 11) is 0. The number of phenols is 2. The van der Waals surface area contributed by atoms with Crippen LogP contribution in [0.2, 0.25) is 0 Å². The van der Waals surface area contributed by atoms with Gasteiger partial charge in [0.05, 0.1) is 0 Å². The van der Waals surface area contributed by atoms with Crippen molar-refractivity contribution in [2.75, 3.05) is 26.2 Å². The molecule has 1 saturated heterocycles. The van der Waals surface area contributed by atoms with Gasteiger partial charge >= 0.3 is 0 Å². The van der Waals surface area contributed by atoms with Crippen LogP contribution in [0, 0.1) is 6.92 Å². The summed E-state index contributed by atoms with van der Waals surface area (Å²) in [5.41, 5.74) is 6.37. The Morgan fingerprint density at radius 3 is 2.40 bits per heavy atom. The summed E-state index contributed by atoms with van der Waals surface area (Å²) in [5.74, 6) is 0.273. The number of piperazine rings is 1. The molecule has 1 fully saturated rings. The van der Waals surface area contributed by atoms with E-state index in [0.717, 1.165) is 55.1 Å². The van der Waals surface area contributed by atoms with Crippen molar-refractivity contribution in [2.45, 2.75) is 33.2 Å². The first-order valence-electron chi connectivity index (χ1n) is 10.6. The number of nitrogens with zero attached hydrogens (tertiary/aromatic N) is 2. The number of rotatable bonds is 5. The van der Waals surface area contributed by atoms with E-state index in [1.807, 2.05) is 26.8 Å². The van der Waals surface area contributed by atoms with Crippen molar-refractivity contribution in [2.24, 2.45) is 0 Å². The number of phenolic OH excluding ortho intramolecular Hbond substituents is 2. The van der Waals surface area contributed by atoms with Gasteiger partial charge < -0.3 is 15.5 Å². The Bertz CT molecular complexity index is 1020. The topological polar surface area (TPSA) is 84.4 Å². The molecule has 0 radical (unpaired) electrons. The third kappa shape index (κ3) is 4.06. The highest BCUT2D eigenvalue weighted by Gasteiger charge is 2.20. The van der Waals surface area contributed by atoms with E-state index in [1.165, 1.54) is 11.6 Å². The van der Waals surface area contributed by atoms with Gasteiger partial charge in [-0.15, -0.1) is 0 Å². The number of H-pyrrole nitrogens is 1. The number of benzene rings is 2. The Kier molecular flexibility index (Phi) is 5.79. The molecule has 6 heteroatoms. The molecule has 30 heavy (non-hydrogen) atoms. The average Bonchev–Trinajstić information content (AvgIpc) is 3.10. The number of aryl methyl sites for hydroxylation is 1. The average molecular weight is 407 g/mol. The molecule has 2 heterocycles. The minimum Gasteiger partial charge on any atom is -0.508 e. The number of aromatic hydroxyl groups is 2. The van der Waals surface area contributed by atoms with E-state index >= 15 is 0 Å². The van der Waals surface area contributed by atoms with Crippen LogP contribution in [0.5, 0.6) is 11.5 Å². The predicted octanol–water partition coefficient (Wildman–Crippen LogP) is 3.99. The maximum atomic E-state index is 10.5. The molecule has 1 aliphatic rings. The van der Waals surface area contributed by atoms with Gasteiger partial charge in [-0.1, -0.05) is 38.1 Å². The zero-order chi connectivity index (χ0) is 21.3. The lowest BCUT2D eigenvalue weighted by atomic mass is 9.94. The quantitative estimate of drug-likeness (QED) is 0.515. The first-order chi connectivity index (χ1) is 14.4. The molecule has 6 nitrogen and oxygen atoms in total. The molecule has 3 aromatic rings. The highest BCUT2D eigenvalue weighted by Crippen LogP contribution is 2.41. The summed E-state index contributed by atoms with van der Waals surface area (Å²) in [5, 5.41) is 31.7. The van der Waals surface area contributed by atoms with Crippen LogP contribution in [0.4, 0.5) is 0 Å². The van der Waals surface area contributed by atoms with Gasteiger partial charge in [-0.25, -0.2) is 0 Å². The Balaban J connectivity index is 1.67. The van der Waals surface area contributed by atoms with Gasteiger partial charge in [0, 0.05) is 55.6 Å². The predicted molar refractivity (Wildman–Crippen MR) is 120 cm³/mol. The molecular formula is C24H30N4O2. The second kappa shape index (κ2) is 8.50. The summed E-state index contributed by atoms with van der Waals surface area (Å²) in [6.07, 6.45) is 0. The fourth-order valence-corrected chi connectivity index (χ4v) is 4.13. The Labute approximate surface area is 177 Å².